The Labute approximate surface area is 110 Å². The van der Waals surface area contributed by atoms with Crippen molar-refractivity contribution in [3.63, 3.8) is 0 Å². The average molecular weight is 262 g/mol. The van der Waals surface area contributed by atoms with Crippen LogP contribution in [0.3, 0.4) is 0 Å². The minimum absolute atomic E-state index is 0.0215. The zero-order chi connectivity index (χ0) is 12.8. The van der Waals surface area contributed by atoms with Crippen LogP contribution in [-0.4, -0.2) is 18.0 Å². The number of methoxy groups -OCH3 is 1. The van der Waals surface area contributed by atoms with Crippen LogP contribution in [-0.2, 0) is 17.8 Å². The number of pyridine rings is 1. The second-order valence-corrected chi connectivity index (χ2v) is 4.77. The molecule has 0 radical (unpaired) electrons. The Morgan fingerprint density at radius 1 is 1.50 bits per heavy atom. The first kappa shape index (κ1) is 12.6. The second kappa shape index (κ2) is 6.16. The van der Waals surface area contributed by atoms with Gasteiger partial charge in [0.1, 0.15) is 0 Å². The van der Waals surface area contributed by atoms with Gasteiger partial charge in [0.05, 0.1) is 13.5 Å². The topological polar surface area (TPSA) is 51.2 Å². The summed E-state index contributed by atoms with van der Waals surface area (Å²) in [4.78, 5) is 16.8. The molecule has 0 aromatic carbocycles. The lowest BCUT2D eigenvalue weighted by atomic mass is 10.2. The molecule has 2 aromatic rings. The molecule has 18 heavy (non-hydrogen) atoms. The monoisotopic (exact) mass is 262 g/mol. The Hall–Kier alpha value is -1.88. The quantitative estimate of drug-likeness (QED) is 0.896. The van der Waals surface area contributed by atoms with Gasteiger partial charge in [-0.25, -0.2) is 4.98 Å². The molecule has 0 spiro atoms. The lowest BCUT2D eigenvalue weighted by Crippen LogP contribution is -2.24. The van der Waals surface area contributed by atoms with Crippen LogP contribution in [0.2, 0.25) is 0 Å². The van der Waals surface area contributed by atoms with E-state index >= 15 is 0 Å². The minimum atomic E-state index is 0.0215. The number of thiophene rings is 1. The van der Waals surface area contributed by atoms with Gasteiger partial charge < -0.3 is 10.1 Å². The number of carbonyl (C=O) groups is 1. The molecule has 4 nitrogen and oxygen atoms in total. The van der Waals surface area contributed by atoms with Crippen LogP contribution in [0.15, 0.2) is 35.8 Å². The second-order valence-electron chi connectivity index (χ2n) is 3.74. The maximum absolute atomic E-state index is 11.7. The molecule has 2 heterocycles. The van der Waals surface area contributed by atoms with E-state index in [1.54, 1.807) is 24.6 Å². The van der Waals surface area contributed by atoms with Crippen molar-refractivity contribution in [1.29, 1.82) is 0 Å². The molecule has 0 aliphatic heterocycles. The van der Waals surface area contributed by atoms with Crippen molar-refractivity contribution in [1.82, 2.24) is 10.3 Å². The SMILES string of the molecule is COc1cc(CNC(=O)Cc2cccs2)ccn1. The van der Waals surface area contributed by atoms with Crippen molar-refractivity contribution in [2.45, 2.75) is 13.0 Å². The third-order valence-electron chi connectivity index (χ3n) is 2.41. The van der Waals surface area contributed by atoms with Gasteiger partial charge >= 0.3 is 0 Å². The molecular formula is C13H14N2O2S. The molecule has 0 atom stereocenters. The van der Waals surface area contributed by atoms with E-state index in [9.17, 15) is 4.79 Å². The molecule has 94 valence electrons. The van der Waals surface area contributed by atoms with Gasteiger partial charge in [-0.2, -0.15) is 0 Å². The van der Waals surface area contributed by atoms with E-state index in [1.807, 2.05) is 29.6 Å². The van der Waals surface area contributed by atoms with E-state index in [-0.39, 0.29) is 5.91 Å². The molecule has 0 saturated heterocycles. The van der Waals surface area contributed by atoms with Crippen molar-refractivity contribution in [3.8, 4) is 5.88 Å². The van der Waals surface area contributed by atoms with Gasteiger partial charge in [0, 0.05) is 23.7 Å². The smallest absolute Gasteiger partial charge is 0.225 e. The summed E-state index contributed by atoms with van der Waals surface area (Å²) in [6.07, 6.45) is 2.10. The number of aromatic nitrogens is 1. The summed E-state index contributed by atoms with van der Waals surface area (Å²) < 4.78 is 5.02. The van der Waals surface area contributed by atoms with E-state index < -0.39 is 0 Å². The zero-order valence-corrected chi connectivity index (χ0v) is 10.9. The largest absolute Gasteiger partial charge is 0.481 e. The molecule has 1 amide bonds. The number of nitrogens with zero attached hydrogens (tertiary/aromatic N) is 1. The van der Waals surface area contributed by atoms with Gasteiger partial charge in [-0.05, 0) is 23.1 Å². The highest BCUT2D eigenvalue weighted by molar-refractivity contribution is 7.10. The first-order valence-corrected chi connectivity index (χ1v) is 6.44. The summed E-state index contributed by atoms with van der Waals surface area (Å²) >= 11 is 1.59. The number of carbonyl (C=O) groups excluding carboxylic acids is 1. The fourth-order valence-electron chi connectivity index (χ4n) is 1.51. The Bertz CT molecular complexity index is 511. The summed E-state index contributed by atoms with van der Waals surface area (Å²) in [5, 5.41) is 4.84. The number of ether oxygens (including phenoxy) is 1. The first-order chi connectivity index (χ1) is 8.78. The van der Waals surface area contributed by atoms with E-state index in [4.69, 9.17) is 4.74 Å². The molecule has 2 rings (SSSR count). The lowest BCUT2D eigenvalue weighted by Gasteiger charge is -2.05. The maximum Gasteiger partial charge on any atom is 0.225 e. The summed E-state index contributed by atoms with van der Waals surface area (Å²) in [6, 6.07) is 7.57. The summed E-state index contributed by atoms with van der Waals surface area (Å²) in [7, 11) is 1.57. The van der Waals surface area contributed by atoms with Crippen LogP contribution in [0.5, 0.6) is 5.88 Å². The van der Waals surface area contributed by atoms with Crippen molar-refractivity contribution in [3.05, 3.63) is 46.3 Å². The summed E-state index contributed by atoms with van der Waals surface area (Å²) in [5.41, 5.74) is 0.973. The highest BCUT2D eigenvalue weighted by Gasteiger charge is 2.04. The highest BCUT2D eigenvalue weighted by Crippen LogP contribution is 2.10. The third kappa shape index (κ3) is 3.56. The Morgan fingerprint density at radius 3 is 3.11 bits per heavy atom. The molecule has 2 aromatic heterocycles. The predicted octanol–water partition coefficient (Wildman–Crippen LogP) is 2.01. The van der Waals surface area contributed by atoms with Gasteiger partial charge in [0.2, 0.25) is 11.8 Å². The molecule has 0 aliphatic carbocycles. The number of hydrogen-bond donors (Lipinski definition) is 1. The maximum atomic E-state index is 11.7. The molecule has 0 fully saturated rings. The first-order valence-electron chi connectivity index (χ1n) is 5.56. The van der Waals surface area contributed by atoms with Crippen molar-refractivity contribution >= 4 is 17.2 Å². The fourth-order valence-corrected chi connectivity index (χ4v) is 2.21. The van der Waals surface area contributed by atoms with Crippen LogP contribution < -0.4 is 10.1 Å². The number of hydrogen-bond acceptors (Lipinski definition) is 4. The van der Waals surface area contributed by atoms with Crippen molar-refractivity contribution in [2.24, 2.45) is 0 Å². The molecule has 5 heteroatoms. The Balaban J connectivity index is 1.85. The van der Waals surface area contributed by atoms with Crippen LogP contribution >= 0.6 is 11.3 Å². The lowest BCUT2D eigenvalue weighted by molar-refractivity contribution is -0.120. The van der Waals surface area contributed by atoms with Gasteiger partial charge in [0.25, 0.3) is 0 Å². The predicted molar refractivity (Wildman–Crippen MR) is 70.7 cm³/mol. The fraction of sp³-hybridized carbons (Fsp3) is 0.231. The van der Waals surface area contributed by atoms with Gasteiger partial charge in [0.15, 0.2) is 0 Å². The van der Waals surface area contributed by atoms with Crippen LogP contribution in [0, 0.1) is 0 Å². The van der Waals surface area contributed by atoms with Crippen LogP contribution in [0.1, 0.15) is 10.4 Å². The van der Waals surface area contributed by atoms with Crippen LogP contribution in [0.25, 0.3) is 0 Å². The molecule has 0 aliphatic rings. The number of rotatable bonds is 5. The highest BCUT2D eigenvalue weighted by atomic mass is 32.1. The van der Waals surface area contributed by atoms with Gasteiger partial charge in [-0.15, -0.1) is 11.3 Å². The van der Waals surface area contributed by atoms with Gasteiger partial charge in [-0.3, -0.25) is 4.79 Å². The van der Waals surface area contributed by atoms with Gasteiger partial charge in [-0.1, -0.05) is 6.07 Å². The van der Waals surface area contributed by atoms with Crippen LogP contribution in [0.4, 0.5) is 0 Å². The molecular weight excluding hydrogens is 248 g/mol. The van der Waals surface area contributed by atoms with Crippen molar-refractivity contribution in [2.75, 3.05) is 7.11 Å². The summed E-state index contributed by atoms with van der Waals surface area (Å²) in [5.74, 6) is 0.577. The summed E-state index contributed by atoms with van der Waals surface area (Å²) in [6.45, 7) is 0.489. The minimum Gasteiger partial charge on any atom is -0.481 e. The Morgan fingerprint density at radius 2 is 2.39 bits per heavy atom. The molecule has 0 unspecified atom stereocenters. The standard InChI is InChI=1S/C13H14N2O2S/c1-17-13-7-10(4-5-14-13)9-15-12(16)8-11-3-2-6-18-11/h2-7H,8-9H2,1H3,(H,15,16). The average Bonchev–Trinajstić information content (AvgIpc) is 2.89. The number of nitrogens with one attached hydrogen (secondary N) is 1. The molecule has 0 saturated carbocycles. The number of amides is 1. The van der Waals surface area contributed by atoms with E-state index in [1.165, 1.54) is 0 Å². The van der Waals surface area contributed by atoms with E-state index in [0.29, 0.717) is 18.8 Å². The zero-order valence-electron chi connectivity index (χ0n) is 10.1. The van der Waals surface area contributed by atoms with Crippen molar-refractivity contribution < 1.29 is 9.53 Å². The normalized spacial score (nSPS) is 10.1. The molecule has 0 bridgehead atoms. The third-order valence-corrected chi connectivity index (χ3v) is 3.29. The van der Waals surface area contributed by atoms with E-state index in [0.717, 1.165) is 10.4 Å². The molecule has 1 N–H and O–H groups in total. The Kier molecular flexibility index (Phi) is 4.30. The van der Waals surface area contributed by atoms with E-state index in [2.05, 4.69) is 10.3 Å².